The average Bonchev–Trinajstić information content (AvgIpc) is 2.26. The Morgan fingerprint density at radius 3 is 2.20 bits per heavy atom. The Kier molecular flexibility index (Phi) is 3.11. The first-order chi connectivity index (χ1) is 7.10. The highest BCUT2D eigenvalue weighted by Crippen LogP contribution is 1.90. The summed E-state index contributed by atoms with van der Waals surface area (Å²) in [5, 5.41) is 6.55. The van der Waals surface area contributed by atoms with Gasteiger partial charge in [-0.15, -0.1) is 10.2 Å². The molecule has 0 aliphatic rings. The predicted molar refractivity (Wildman–Crippen MR) is 45.3 cm³/mol. The van der Waals surface area contributed by atoms with Crippen LogP contribution in [0.5, 0.6) is 0 Å². The maximum absolute atomic E-state index is 11.2. The van der Waals surface area contributed by atoms with Gasteiger partial charge in [-0.1, -0.05) is 0 Å². The number of esters is 2. The first-order valence-corrected chi connectivity index (χ1v) is 3.73. The molecule has 1 N–H and O–H groups in total. The lowest BCUT2D eigenvalue weighted by molar-refractivity contribution is 0.0565. The zero-order valence-electron chi connectivity index (χ0n) is 7.94. The molecule has 0 aliphatic carbocycles. The molecule has 15 heavy (non-hydrogen) atoms. The molecule has 0 amide bonds. The van der Waals surface area contributed by atoms with Crippen LogP contribution in [0.2, 0.25) is 0 Å². The van der Waals surface area contributed by atoms with E-state index in [1.54, 1.807) is 0 Å². The van der Waals surface area contributed by atoms with E-state index in [4.69, 9.17) is 0 Å². The highest BCUT2D eigenvalue weighted by Gasteiger charge is 2.17. The Bertz CT molecular complexity index is 452. The number of rotatable bonds is 2. The van der Waals surface area contributed by atoms with E-state index in [2.05, 4.69) is 19.7 Å². The van der Waals surface area contributed by atoms with Gasteiger partial charge in [-0.05, 0) is 0 Å². The van der Waals surface area contributed by atoms with Crippen molar-refractivity contribution in [3.8, 4) is 0 Å². The number of H-pyrrole nitrogens is 1. The van der Waals surface area contributed by atoms with E-state index < -0.39 is 23.2 Å². The summed E-state index contributed by atoms with van der Waals surface area (Å²) < 4.78 is 8.56. The van der Waals surface area contributed by atoms with Crippen molar-refractivity contribution in [3.63, 3.8) is 0 Å². The first kappa shape index (κ1) is 10.8. The molecule has 8 heteroatoms. The normalized spacial score (nSPS) is 9.47. The van der Waals surface area contributed by atoms with Crippen LogP contribution in [0.15, 0.2) is 4.79 Å². The second-order valence-electron chi connectivity index (χ2n) is 2.33. The lowest BCUT2D eigenvalue weighted by Crippen LogP contribution is -2.26. The molecule has 0 atom stereocenters. The first-order valence-electron chi connectivity index (χ1n) is 3.73. The molecule has 80 valence electrons. The van der Waals surface area contributed by atoms with Gasteiger partial charge in [0.15, 0.2) is 0 Å². The van der Waals surface area contributed by atoms with Gasteiger partial charge in [-0.25, -0.2) is 9.59 Å². The summed E-state index contributed by atoms with van der Waals surface area (Å²) in [6, 6.07) is 0. The van der Waals surface area contributed by atoms with Gasteiger partial charge in [-0.2, -0.15) is 0 Å². The van der Waals surface area contributed by atoms with Crippen LogP contribution in [0.1, 0.15) is 21.1 Å². The molecule has 1 aromatic heterocycles. The van der Waals surface area contributed by atoms with Crippen molar-refractivity contribution >= 4 is 11.9 Å². The molecule has 0 fully saturated rings. The van der Waals surface area contributed by atoms with Crippen molar-refractivity contribution in [2.45, 2.75) is 0 Å². The fourth-order valence-corrected chi connectivity index (χ4v) is 0.756. The molecule has 0 bridgehead atoms. The van der Waals surface area contributed by atoms with Crippen molar-refractivity contribution in [2.75, 3.05) is 14.2 Å². The summed E-state index contributed by atoms with van der Waals surface area (Å²) in [7, 11) is 2.22. The summed E-state index contributed by atoms with van der Waals surface area (Å²) in [4.78, 5) is 35.1. The van der Waals surface area contributed by atoms with Crippen molar-refractivity contribution in [1.82, 2.24) is 15.2 Å². The Hall–Kier alpha value is -2.25. The van der Waals surface area contributed by atoms with E-state index in [9.17, 15) is 14.4 Å². The Labute approximate surface area is 83.2 Å². The second-order valence-corrected chi connectivity index (χ2v) is 2.33. The van der Waals surface area contributed by atoms with Gasteiger partial charge in [0, 0.05) is 0 Å². The quantitative estimate of drug-likeness (QED) is 0.610. The molecule has 0 saturated carbocycles. The van der Waals surface area contributed by atoms with E-state index in [1.807, 2.05) is 4.98 Å². The second kappa shape index (κ2) is 4.31. The number of aromatic nitrogens is 3. The summed E-state index contributed by atoms with van der Waals surface area (Å²) in [5.41, 5.74) is -1.39. The van der Waals surface area contributed by atoms with Crippen LogP contribution >= 0.6 is 0 Å². The largest absolute Gasteiger partial charge is 0.464 e. The van der Waals surface area contributed by atoms with Crippen LogP contribution in [0, 0.1) is 0 Å². The third-order valence-corrected chi connectivity index (χ3v) is 1.45. The summed E-state index contributed by atoms with van der Waals surface area (Å²) in [6.45, 7) is 0. The zero-order chi connectivity index (χ0) is 11.4. The van der Waals surface area contributed by atoms with Crippen molar-refractivity contribution in [2.24, 2.45) is 0 Å². The van der Waals surface area contributed by atoms with Gasteiger partial charge >= 0.3 is 11.9 Å². The van der Waals surface area contributed by atoms with Gasteiger partial charge in [-0.3, -0.25) is 9.78 Å². The highest BCUT2D eigenvalue weighted by atomic mass is 16.5. The average molecular weight is 213 g/mol. The van der Waals surface area contributed by atoms with Gasteiger partial charge in [0.2, 0.25) is 11.5 Å². The highest BCUT2D eigenvalue weighted by molar-refractivity contribution is 5.87. The minimum Gasteiger partial charge on any atom is -0.464 e. The SMILES string of the molecule is COC(=O)c1nnc(C(=O)OC)c(=O)[nH]1. The molecular weight excluding hydrogens is 206 g/mol. The van der Waals surface area contributed by atoms with Gasteiger partial charge in [0.05, 0.1) is 14.2 Å². The molecule has 0 aromatic carbocycles. The van der Waals surface area contributed by atoms with E-state index >= 15 is 0 Å². The third kappa shape index (κ3) is 2.16. The van der Waals surface area contributed by atoms with Crippen molar-refractivity contribution in [1.29, 1.82) is 0 Å². The topological polar surface area (TPSA) is 111 Å². The molecular formula is C7H7N3O5. The molecule has 0 saturated heterocycles. The van der Waals surface area contributed by atoms with Crippen molar-refractivity contribution < 1.29 is 19.1 Å². The predicted octanol–water partition coefficient (Wildman–Crippen LogP) is -1.26. The van der Waals surface area contributed by atoms with E-state index in [0.29, 0.717) is 0 Å². The number of aromatic amines is 1. The number of carbonyl (C=O) groups excluding carboxylic acids is 2. The number of hydrogen-bond donors (Lipinski definition) is 1. The molecule has 1 aromatic rings. The molecule has 0 spiro atoms. The lowest BCUT2D eigenvalue weighted by Gasteiger charge is -1.98. The fourth-order valence-electron chi connectivity index (χ4n) is 0.756. The minimum atomic E-state index is -0.930. The summed E-state index contributed by atoms with van der Waals surface area (Å²) in [5.74, 6) is -2.16. The molecule has 0 aliphatic heterocycles. The fraction of sp³-hybridized carbons (Fsp3) is 0.286. The van der Waals surface area contributed by atoms with Crippen LogP contribution < -0.4 is 5.56 Å². The Morgan fingerprint density at radius 1 is 1.13 bits per heavy atom. The van der Waals surface area contributed by atoms with Crippen LogP contribution in [-0.2, 0) is 9.47 Å². The Morgan fingerprint density at radius 2 is 1.73 bits per heavy atom. The monoisotopic (exact) mass is 213 g/mol. The number of hydrogen-bond acceptors (Lipinski definition) is 7. The van der Waals surface area contributed by atoms with Gasteiger partial charge < -0.3 is 9.47 Å². The molecule has 0 unspecified atom stereocenters. The molecule has 1 heterocycles. The lowest BCUT2D eigenvalue weighted by atomic mass is 10.4. The molecule has 8 nitrogen and oxygen atoms in total. The van der Waals surface area contributed by atoms with E-state index in [1.165, 1.54) is 0 Å². The number of nitrogens with zero attached hydrogens (tertiary/aromatic N) is 2. The minimum absolute atomic E-state index is 0.379. The smallest absolute Gasteiger partial charge is 0.376 e. The number of carbonyl (C=O) groups is 2. The number of methoxy groups -OCH3 is 2. The standard InChI is InChI=1S/C7H7N3O5/c1-14-6(12)3-5(11)8-4(10-9-3)7(13)15-2/h1-2H3,(H,8,10,11). The van der Waals surface area contributed by atoms with Crippen LogP contribution in [-0.4, -0.2) is 41.3 Å². The van der Waals surface area contributed by atoms with Crippen molar-refractivity contribution in [3.05, 3.63) is 21.9 Å². The maximum atomic E-state index is 11.2. The van der Waals surface area contributed by atoms with Crippen LogP contribution in [0.4, 0.5) is 0 Å². The number of nitrogens with one attached hydrogen (secondary N) is 1. The van der Waals surface area contributed by atoms with E-state index in [-0.39, 0.29) is 5.82 Å². The maximum Gasteiger partial charge on any atom is 0.376 e. The van der Waals surface area contributed by atoms with E-state index in [0.717, 1.165) is 14.2 Å². The van der Waals surface area contributed by atoms with Crippen LogP contribution in [0.25, 0.3) is 0 Å². The van der Waals surface area contributed by atoms with Gasteiger partial charge in [0.25, 0.3) is 5.56 Å². The Balaban J connectivity index is 3.15. The van der Waals surface area contributed by atoms with Gasteiger partial charge in [0.1, 0.15) is 0 Å². The molecule has 0 radical (unpaired) electrons. The summed E-state index contributed by atoms with van der Waals surface area (Å²) in [6.07, 6.45) is 0. The zero-order valence-corrected chi connectivity index (χ0v) is 7.94. The molecule has 1 rings (SSSR count). The van der Waals surface area contributed by atoms with Crippen LogP contribution in [0.3, 0.4) is 0 Å². The number of ether oxygens (including phenoxy) is 2. The summed E-state index contributed by atoms with van der Waals surface area (Å²) >= 11 is 0. The third-order valence-electron chi connectivity index (χ3n) is 1.45.